The van der Waals surface area contributed by atoms with Crippen molar-refractivity contribution in [2.45, 2.75) is 32.5 Å². The maximum atomic E-state index is 13.5. The van der Waals surface area contributed by atoms with Crippen LogP contribution in [-0.2, 0) is 37.7 Å². The summed E-state index contributed by atoms with van der Waals surface area (Å²) in [4.78, 5) is 46.1. The molecule has 0 aliphatic rings. The maximum absolute atomic E-state index is 13.5. The topological polar surface area (TPSA) is 97.8 Å². The Bertz CT molecular complexity index is 1400. The minimum Gasteiger partial charge on any atom is -0.346 e. The second-order valence-electron chi connectivity index (χ2n) is 9.51. The van der Waals surface area contributed by atoms with Crippen molar-refractivity contribution in [3.63, 3.8) is 0 Å². The number of amides is 3. The number of anilines is 1. The van der Waals surface area contributed by atoms with Crippen molar-refractivity contribution in [1.29, 1.82) is 0 Å². The monoisotopic (exact) mass is 565 g/mol. The number of hydrogen-bond acceptors (Lipinski definition) is 6. The molecule has 4 aromatic rings. The van der Waals surface area contributed by atoms with Gasteiger partial charge in [0.15, 0.2) is 0 Å². The van der Waals surface area contributed by atoms with Gasteiger partial charge in [-0.25, -0.2) is 4.90 Å². The molecule has 0 unspecified atom stereocenters. The molecule has 3 amide bonds. The summed E-state index contributed by atoms with van der Waals surface area (Å²) in [5.41, 5.74) is 2.70. The van der Waals surface area contributed by atoms with E-state index in [2.05, 4.69) is 10.3 Å². The fourth-order valence-corrected chi connectivity index (χ4v) is 4.65. The van der Waals surface area contributed by atoms with Gasteiger partial charge in [-0.3, -0.25) is 19.4 Å². The molecule has 1 N–H and O–H groups in total. The van der Waals surface area contributed by atoms with Crippen LogP contribution < -0.4 is 10.2 Å². The van der Waals surface area contributed by atoms with Gasteiger partial charge in [-0.1, -0.05) is 72.8 Å². The van der Waals surface area contributed by atoms with E-state index < -0.39 is 11.7 Å². The lowest BCUT2D eigenvalue weighted by atomic mass is 10.1. The van der Waals surface area contributed by atoms with Gasteiger partial charge in [0.05, 0.1) is 25.1 Å². The molecule has 216 valence electrons. The van der Waals surface area contributed by atoms with E-state index in [0.29, 0.717) is 24.6 Å². The van der Waals surface area contributed by atoms with Crippen molar-refractivity contribution in [2.75, 3.05) is 24.7 Å². The maximum Gasteiger partial charge on any atom is 0.251 e. The van der Waals surface area contributed by atoms with Gasteiger partial charge in [0.2, 0.25) is 17.6 Å². The molecule has 8 nitrogen and oxygen atoms in total. The zero-order valence-electron chi connectivity index (χ0n) is 23.9. The van der Waals surface area contributed by atoms with E-state index in [0.717, 1.165) is 16.0 Å². The van der Waals surface area contributed by atoms with Crippen LogP contribution in [0, 0.1) is 0 Å². The first-order valence-electron chi connectivity index (χ1n) is 14.0. The minimum atomic E-state index is -1.28. The second kappa shape index (κ2) is 14.8. The van der Waals surface area contributed by atoms with Crippen LogP contribution in [0.5, 0.6) is 0 Å². The number of hydrogen-bond donors (Lipinski definition) is 1. The molecule has 4 rings (SSSR count). The van der Waals surface area contributed by atoms with E-state index in [9.17, 15) is 14.4 Å². The third kappa shape index (κ3) is 7.75. The summed E-state index contributed by atoms with van der Waals surface area (Å²) in [6, 6.07) is 30.4. The highest BCUT2D eigenvalue weighted by molar-refractivity contribution is 6.16. The van der Waals surface area contributed by atoms with E-state index in [1.165, 1.54) is 0 Å². The van der Waals surface area contributed by atoms with E-state index in [1.807, 2.05) is 80.6 Å². The van der Waals surface area contributed by atoms with Gasteiger partial charge in [0, 0.05) is 25.0 Å². The summed E-state index contributed by atoms with van der Waals surface area (Å²) in [5, 5.41) is 2.89. The average Bonchev–Trinajstić information content (AvgIpc) is 3.01. The molecule has 0 atom stereocenters. The molecule has 1 aromatic heterocycles. The third-order valence-corrected chi connectivity index (χ3v) is 6.55. The van der Waals surface area contributed by atoms with Gasteiger partial charge in [-0.15, -0.1) is 0 Å². The van der Waals surface area contributed by atoms with Crippen LogP contribution in [0.3, 0.4) is 0 Å². The molecular formula is C34H35N3O5. The SMILES string of the molecule is CCOC(CNC(=O)c1cccc(N(C(=O)Cc2ccccc2)C(=O)Cc2ccccc2)c1)(OCC)c1ccccn1. The van der Waals surface area contributed by atoms with E-state index in [-0.39, 0.29) is 36.8 Å². The number of carbonyl (C=O) groups excluding carboxylic acids is 3. The van der Waals surface area contributed by atoms with Gasteiger partial charge in [0.25, 0.3) is 5.91 Å². The Morgan fingerprint density at radius 2 is 1.31 bits per heavy atom. The Morgan fingerprint density at radius 3 is 1.83 bits per heavy atom. The highest BCUT2D eigenvalue weighted by Gasteiger charge is 2.36. The largest absolute Gasteiger partial charge is 0.346 e. The molecule has 0 saturated heterocycles. The Labute approximate surface area is 246 Å². The lowest BCUT2D eigenvalue weighted by Gasteiger charge is -2.32. The van der Waals surface area contributed by atoms with E-state index in [4.69, 9.17) is 9.47 Å². The van der Waals surface area contributed by atoms with Crippen molar-refractivity contribution in [3.8, 4) is 0 Å². The zero-order valence-corrected chi connectivity index (χ0v) is 23.9. The first-order chi connectivity index (χ1) is 20.5. The zero-order chi connectivity index (χ0) is 29.8. The molecule has 42 heavy (non-hydrogen) atoms. The number of nitrogens with zero attached hydrogens (tertiary/aromatic N) is 2. The highest BCUT2D eigenvalue weighted by atomic mass is 16.7. The Hall–Kier alpha value is -4.66. The van der Waals surface area contributed by atoms with Crippen LogP contribution in [0.15, 0.2) is 109 Å². The fraction of sp³-hybridized carbons (Fsp3) is 0.235. The summed E-state index contributed by atoms with van der Waals surface area (Å²) >= 11 is 0. The molecule has 0 bridgehead atoms. The normalized spacial score (nSPS) is 11.1. The number of nitrogens with one attached hydrogen (secondary N) is 1. The fourth-order valence-electron chi connectivity index (χ4n) is 4.65. The number of pyridine rings is 1. The Morgan fingerprint density at radius 1 is 0.738 bits per heavy atom. The first-order valence-corrected chi connectivity index (χ1v) is 14.0. The van der Waals surface area contributed by atoms with Crippen LogP contribution in [0.2, 0.25) is 0 Å². The number of carbonyl (C=O) groups is 3. The minimum absolute atomic E-state index is 0.00164. The summed E-state index contributed by atoms with van der Waals surface area (Å²) in [5.74, 6) is -2.47. The van der Waals surface area contributed by atoms with Crippen molar-refractivity contribution in [2.24, 2.45) is 0 Å². The molecular weight excluding hydrogens is 530 g/mol. The van der Waals surface area contributed by atoms with Crippen LogP contribution in [0.1, 0.15) is 41.0 Å². The molecule has 3 aromatic carbocycles. The molecule has 0 aliphatic heterocycles. The molecule has 1 heterocycles. The number of benzene rings is 3. The predicted molar refractivity (Wildman–Crippen MR) is 161 cm³/mol. The molecule has 0 saturated carbocycles. The third-order valence-electron chi connectivity index (χ3n) is 6.55. The standard InChI is InChI=1S/C34H35N3O5/c1-3-41-34(42-4-2,30-20-11-12-21-35-30)25-36-33(40)28-18-13-19-29(24-28)37(31(38)22-26-14-7-5-8-15-26)32(39)23-27-16-9-6-10-17-27/h5-21,24H,3-4,22-23,25H2,1-2H3,(H,36,40). The Kier molecular flexibility index (Phi) is 10.7. The second-order valence-corrected chi connectivity index (χ2v) is 9.51. The van der Waals surface area contributed by atoms with Gasteiger partial charge in [-0.2, -0.15) is 0 Å². The van der Waals surface area contributed by atoms with Crippen molar-refractivity contribution in [3.05, 3.63) is 132 Å². The van der Waals surface area contributed by atoms with Crippen molar-refractivity contribution in [1.82, 2.24) is 10.3 Å². The number of rotatable bonds is 13. The summed E-state index contributed by atoms with van der Waals surface area (Å²) in [6.07, 6.45) is 1.71. The number of imide groups is 1. The molecule has 8 heteroatoms. The summed E-state index contributed by atoms with van der Waals surface area (Å²) in [7, 11) is 0. The quantitative estimate of drug-likeness (QED) is 0.227. The molecule has 0 spiro atoms. The predicted octanol–water partition coefficient (Wildman–Crippen LogP) is 5.08. The van der Waals surface area contributed by atoms with Gasteiger partial charge in [0.1, 0.15) is 5.69 Å². The van der Waals surface area contributed by atoms with Crippen molar-refractivity contribution < 1.29 is 23.9 Å². The van der Waals surface area contributed by atoms with Crippen LogP contribution in [-0.4, -0.2) is 42.5 Å². The number of ether oxygens (including phenoxy) is 2. The number of aromatic nitrogens is 1. The smallest absolute Gasteiger partial charge is 0.251 e. The molecule has 0 aliphatic carbocycles. The van der Waals surface area contributed by atoms with Crippen LogP contribution >= 0.6 is 0 Å². The van der Waals surface area contributed by atoms with Gasteiger partial charge >= 0.3 is 0 Å². The molecule has 0 radical (unpaired) electrons. The van der Waals surface area contributed by atoms with E-state index in [1.54, 1.807) is 42.6 Å². The lowest BCUT2D eigenvalue weighted by Crippen LogP contribution is -2.45. The van der Waals surface area contributed by atoms with E-state index >= 15 is 0 Å². The first kappa shape index (κ1) is 30.3. The highest BCUT2D eigenvalue weighted by Crippen LogP contribution is 2.26. The van der Waals surface area contributed by atoms with Crippen molar-refractivity contribution >= 4 is 23.4 Å². The lowest BCUT2D eigenvalue weighted by molar-refractivity contribution is -0.240. The van der Waals surface area contributed by atoms with Crippen LogP contribution in [0.25, 0.3) is 0 Å². The molecule has 0 fully saturated rings. The average molecular weight is 566 g/mol. The van der Waals surface area contributed by atoms with Gasteiger partial charge in [-0.05, 0) is 55.3 Å². The summed E-state index contributed by atoms with van der Waals surface area (Å²) < 4.78 is 12.0. The van der Waals surface area contributed by atoms with Gasteiger partial charge < -0.3 is 14.8 Å². The Balaban J connectivity index is 1.59. The summed E-state index contributed by atoms with van der Waals surface area (Å²) in [6.45, 7) is 4.36. The van der Waals surface area contributed by atoms with Crippen LogP contribution in [0.4, 0.5) is 5.69 Å².